The predicted molar refractivity (Wildman–Crippen MR) is 157 cm³/mol. The van der Waals surface area contributed by atoms with E-state index in [0.717, 1.165) is 0 Å². The first-order valence-electron chi connectivity index (χ1n) is 13.3. The van der Waals surface area contributed by atoms with Crippen molar-refractivity contribution in [2.45, 2.75) is 33.2 Å². The Hall–Kier alpha value is -5.25. The molecule has 10 nitrogen and oxygen atoms in total. The topological polar surface area (TPSA) is 160 Å². The van der Waals surface area contributed by atoms with Gasteiger partial charge in [-0.1, -0.05) is 24.3 Å². The summed E-state index contributed by atoms with van der Waals surface area (Å²) in [5.41, 5.74) is 8.21. The fourth-order valence-corrected chi connectivity index (χ4v) is 4.17. The molecule has 218 valence electrons. The fraction of sp³-hybridized carbons (Fsp3) is 0.219. The molecule has 0 bridgehead atoms. The molecule has 0 spiro atoms. The number of amides is 1. The van der Waals surface area contributed by atoms with Crippen molar-refractivity contribution >= 4 is 35.7 Å². The number of carbonyl (C=O) groups is 4. The summed E-state index contributed by atoms with van der Waals surface area (Å²) in [6.45, 7) is 5.43. The van der Waals surface area contributed by atoms with Crippen LogP contribution in [-0.2, 0) is 20.7 Å². The summed E-state index contributed by atoms with van der Waals surface area (Å²) in [5.74, 6) is -2.41. The standard InChI is InChI=1S/C32H33N3O7/c1-4-35(27(30(37)38)19-22-8-10-24(11-9-22)31(39)41-5-2)29(36)20(3)18-21-6-12-25(13-7-21)32(40)42-26-16-14-23(15-17-26)28(33)34/h6-18,27H,4-5,19H2,1-3H3,(H3,33,34)(H,37,38)/b20-18+/t27-/m0/s1. The molecule has 3 rings (SSSR count). The Morgan fingerprint density at radius 2 is 1.43 bits per heavy atom. The van der Waals surface area contributed by atoms with Crippen molar-refractivity contribution < 1.29 is 33.8 Å². The highest BCUT2D eigenvalue weighted by molar-refractivity contribution is 5.99. The minimum atomic E-state index is -1.15. The average Bonchev–Trinajstić information content (AvgIpc) is 2.97. The first-order valence-corrected chi connectivity index (χ1v) is 13.3. The Morgan fingerprint density at radius 1 is 0.881 bits per heavy atom. The summed E-state index contributed by atoms with van der Waals surface area (Å²) in [6.07, 6.45) is 1.67. The van der Waals surface area contributed by atoms with Gasteiger partial charge < -0.3 is 25.2 Å². The second kappa shape index (κ2) is 14.4. The molecule has 0 radical (unpaired) electrons. The molecule has 0 unspecified atom stereocenters. The van der Waals surface area contributed by atoms with Crippen molar-refractivity contribution in [3.63, 3.8) is 0 Å². The lowest BCUT2D eigenvalue weighted by molar-refractivity contribution is -0.148. The molecule has 1 amide bonds. The first kappa shape index (κ1) is 31.3. The summed E-state index contributed by atoms with van der Waals surface area (Å²) < 4.78 is 10.3. The SMILES string of the molecule is CCOC(=O)c1ccc(C[C@@H](C(=O)O)N(CC)C(=O)/C(C)=C/c2ccc(C(=O)Oc3ccc(C(=N)N)cc3)cc2)cc1. The highest BCUT2D eigenvalue weighted by Crippen LogP contribution is 2.18. The van der Waals surface area contributed by atoms with Crippen LogP contribution in [0, 0.1) is 5.41 Å². The van der Waals surface area contributed by atoms with Gasteiger partial charge in [-0.2, -0.15) is 0 Å². The van der Waals surface area contributed by atoms with Crippen molar-refractivity contribution in [1.29, 1.82) is 5.41 Å². The van der Waals surface area contributed by atoms with Crippen molar-refractivity contribution in [3.8, 4) is 5.75 Å². The number of rotatable bonds is 12. The molecule has 0 aliphatic carbocycles. The normalized spacial score (nSPS) is 11.7. The van der Waals surface area contributed by atoms with E-state index in [-0.39, 0.29) is 25.4 Å². The molecule has 0 aliphatic rings. The number of hydrogen-bond acceptors (Lipinski definition) is 7. The number of likely N-dealkylation sites (N-methyl/N-ethyl adjacent to an activating group) is 1. The quantitative estimate of drug-likeness (QED) is 0.0953. The van der Waals surface area contributed by atoms with E-state index in [0.29, 0.717) is 39.1 Å². The smallest absolute Gasteiger partial charge is 0.343 e. The van der Waals surface area contributed by atoms with Crippen LogP contribution in [0.2, 0.25) is 0 Å². The van der Waals surface area contributed by atoms with Crippen LogP contribution < -0.4 is 10.5 Å². The number of nitrogens with one attached hydrogen (secondary N) is 1. The lowest BCUT2D eigenvalue weighted by atomic mass is 10.0. The van der Waals surface area contributed by atoms with Gasteiger partial charge >= 0.3 is 17.9 Å². The van der Waals surface area contributed by atoms with Crippen molar-refractivity contribution in [3.05, 3.63) is 106 Å². The first-order chi connectivity index (χ1) is 20.0. The zero-order valence-corrected chi connectivity index (χ0v) is 23.6. The maximum absolute atomic E-state index is 13.3. The minimum Gasteiger partial charge on any atom is -0.480 e. The number of nitrogen functional groups attached to an aromatic ring is 1. The third-order valence-corrected chi connectivity index (χ3v) is 6.40. The summed E-state index contributed by atoms with van der Waals surface area (Å²) in [4.78, 5) is 51.2. The van der Waals surface area contributed by atoms with Crippen LogP contribution in [-0.4, -0.2) is 58.9 Å². The van der Waals surface area contributed by atoms with Gasteiger partial charge in [0.15, 0.2) is 0 Å². The number of carboxylic acids is 1. The second-order valence-corrected chi connectivity index (χ2v) is 9.34. The number of aliphatic carboxylic acids is 1. The Labute approximate surface area is 243 Å². The van der Waals surface area contributed by atoms with Crippen LogP contribution in [0.1, 0.15) is 58.2 Å². The van der Waals surface area contributed by atoms with Crippen LogP contribution in [0.15, 0.2) is 78.4 Å². The van der Waals surface area contributed by atoms with Gasteiger partial charge in [-0.15, -0.1) is 0 Å². The van der Waals surface area contributed by atoms with Crippen LogP contribution in [0.5, 0.6) is 5.75 Å². The zero-order chi connectivity index (χ0) is 30.8. The van der Waals surface area contributed by atoms with Crippen LogP contribution in [0.25, 0.3) is 6.08 Å². The van der Waals surface area contributed by atoms with Gasteiger partial charge in [0.1, 0.15) is 17.6 Å². The van der Waals surface area contributed by atoms with E-state index in [2.05, 4.69) is 0 Å². The molecule has 4 N–H and O–H groups in total. The zero-order valence-electron chi connectivity index (χ0n) is 23.6. The molecule has 0 saturated carbocycles. The number of nitrogens with zero attached hydrogens (tertiary/aromatic N) is 1. The lowest BCUT2D eigenvalue weighted by Gasteiger charge is -2.28. The van der Waals surface area contributed by atoms with Gasteiger partial charge in [0.2, 0.25) is 5.91 Å². The number of carboxylic acid groups (broad SMARTS) is 1. The van der Waals surface area contributed by atoms with E-state index < -0.39 is 29.9 Å². The predicted octanol–water partition coefficient (Wildman–Crippen LogP) is 4.31. The average molecular weight is 572 g/mol. The Bertz CT molecular complexity index is 1480. The van der Waals surface area contributed by atoms with E-state index in [4.69, 9.17) is 20.6 Å². The van der Waals surface area contributed by atoms with E-state index in [1.54, 1.807) is 99.6 Å². The molecule has 3 aromatic rings. The Kier molecular flexibility index (Phi) is 10.7. The summed E-state index contributed by atoms with van der Waals surface area (Å²) >= 11 is 0. The Morgan fingerprint density at radius 3 is 1.95 bits per heavy atom. The van der Waals surface area contributed by atoms with Crippen LogP contribution in [0.4, 0.5) is 0 Å². The number of carbonyl (C=O) groups excluding carboxylic acids is 3. The van der Waals surface area contributed by atoms with Crippen molar-refractivity contribution in [2.24, 2.45) is 5.73 Å². The largest absolute Gasteiger partial charge is 0.480 e. The molecule has 42 heavy (non-hydrogen) atoms. The highest BCUT2D eigenvalue weighted by atomic mass is 16.5. The fourth-order valence-electron chi connectivity index (χ4n) is 4.17. The molecule has 0 aliphatic heterocycles. The van der Waals surface area contributed by atoms with Gasteiger partial charge in [-0.3, -0.25) is 10.2 Å². The summed E-state index contributed by atoms with van der Waals surface area (Å²) in [5, 5.41) is 17.4. The number of nitrogens with two attached hydrogens (primary N) is 1. The second-order valence-electron chi connectivity index (χ2n) is 9.34. The van der Waals surface area contributed by atoms with Crippen LogP contribution >= 0.6 is 0 Å². The van der Waals surface area contributed by atoms with Gasteiger partial charge in [0.25, 0.3) is 0 Å². The van der Waals surface area contributed by atoms with Crippen LogP contribution in [0.3, 0.4) is 0 Å². The maximum Gasteiger partial charge on any atom is 0.343 e. The Balaban J connectivity index is 1.69. The molecular weight excluding hydrogens is 538 g/mol. The van der Waals surface area contributed by atoms with E-state index in [1.807, 2.05) is 0 Å². The molecule has 0 heterocycles. The van der Waals surface area contributed by atoms with Gasteiger partial charge in [-0.25, -0.2) is 14.4 Å². The monoisotopic (exact) mass is 571 g/mol. The van der Waals surface area contributed by atoms with Gasteiger partial charge in [0.05, 0.1) is 17.7 Å². The maximum atomic E-state index is 13.3. The van der Waals surface area contributed by atoms with Gasteiger partial charge in [-0.05, 0) is 86.5 Å². The van der Waals surface area contributed by atoms with E-state index in [9.17, 15) is 24.3 Å². The number of esters is 2. The molecule has 3 aromatic carbocycles. The van der Waals surface area contributed by atoms with E-state index in [1.165, 1.54) is 4.90 Å². The third kappa shape index (κ3) is 8.14. The summed E-state index contributed by atoms with van der Waals surface area (Å²) in [7, 11) is 0. The van der Waals surface area contributed by atoms with E-state index >= 15 is 0 Å². The molecular formula is C32H33N3O7. The lowest BCUT2D eigenvalue weighted by Crippen LogP contribution is -2.46. The molecule has 1 atom stereocenters. The number of hydrogen-bond donors (Lipinski definition) is 3. The molecule has 0 saturated heterocycles. The third-order valence-electron chi connectivity index (χ3n) is 6.40. The number of amidine groups is 1. The van der Waals surface area contributed by atoms with Crippen molar-refractivity contribution in [2.75, 3.05) is 13.2 Å². The van der Waals surface area contributed by atoms with Crippen molar-refractivity contribution in [1.82, 2.24) is 4.90 Å². The molecule has 0 fully saturated rings. The van der Waals surface area contributed by atoms with Gasteiger partial charge in [0, 0.05) is 24.1 Å². The number of benzene rings is 3. The number of ether oxygens (including phenoxy) is 2. The molecule has 0 aromatic heterocycles. The minimum absolute atomic E-state index is 0.0551. The molecule has 10 heteroatoms. The summed E-state index contributed by atoms with van der Waals surface area (Å²) in [6, 6.07) is 18.0. The highest BCUT2D eigenvalue weighted by Gasteiger charge is 2.29.